The van der Waals surface area contributed by atoms with Crippen molar-refractivity contribution in [1.29, 1.82) is 5.26 Å². The zero-order chi connectivity index (χ0) is 20.0. The predicted molar refractivity (Wildman–Crippen MR) is 113 cm³/mol. The van der Waals surface area contributed by atoms with Crippen LogP contribution in [0.4, 0.5) is 5.69 Å². The molecule has 1 aromatic heterocycles. The van der Waals surface area contributed by atoms with Gasteiger partial charge in [-0.15, -0.1) is 0 Å². The molecule has 6 nitrogen and oxygen atoms in total. The molecule has 146 valence electrons. The van der Waals surface area contributed by atoms with E-state index in [0.717, 1.165) is 46.4 Å². The van der Waals surface area contributed by atoms with Gasteiger partial charge < -0.3 is 15.0 Å². The van der Waals surface area contributed by atoms with Crippen molar-refractivity contribution in [2.45, 2.75) is 25.8 Å². The van der Waals surface area contributed by atoms with Crippen molar-refractivity contribution >= 4 is 22.3 Å². The zero-order valence-electron chi connectivity index (χ0n) is 16.6. The lowest BCUT2D eigenvalue weighted by molar-refractivity contribution is 0.206. The Morgan fingerprint density at radius 2 is 2.17 bits per heavy atom. The average Bonchev–Trinajstić information content (AvgIpc) is 3.35. The number of ether oxygens (including phenoxy) is 1. The molecule has 2 aliphatic rings. The molecule has 29 heavy (non-hydrogen) atoms. The first kappa shape index (κ1) is 17.6. The normalized spacial score (nSPS) is 20.7. The number of benzene rings is 2. The van der Waals surface area contributed by atoms with E-state index in [9.17, 15) is 5.26 Å². The Morgan fingerprint density at radius 3 is 2.97 bits per heavy atom. The summed E-state index contributed by atoms with van der Waals surface area (Å²) in [5.74, 6) is 1.29. The largest absolute Gasteiger partial charge is 0.469 e. The van der Waals surface area contributed by atoms with Crippen LogP contribution in [0.25, 0.3) is 16.7 Å². The number of aromatic nitrogens is 2. The monoisotopic (exact) mass is 385 g/mol. The maximum absolute atomic E-state index is 9.21. The fraction of sp³-hybridized carbons (Fsp3) is 0.304. The lowest BCUT2D eigenvalue weighted by atomic mass is 9.80. The van der Waals surface area contributed by atoms with E-state index in [4.69, 9.17) is 4.74 Å². The van der Waals surface area contributed by atoms with Gasteiger partial charge in [-0.3, -0.25) is 5.10 Å². The number of nitriles is 1. The summed E-state index contributed by atoms with van der Waals surface area (Å²) in [6, 6.07) is 14.8. The van der Waals surface area contributed by atoms with Crippen LogP contribution in [0.5, 0.6) is 0 Å². The van der Waals surface area contributed by atoms with Gasteiger partial charge in [0.05, 0.1) is 23.2 Å². The van der Waals surface area contributed by atoms with E-state index in [1.165, 1.54) is 11.1 Å². The Hall–Kier alpha value is -3.46. The highest BCUT2D eigenvalue weighted by atomic mass is 16.5. The van der Waals surface area contributed by atoms with Crippen molar-refractivity contribution in [1.82, 2.24) is 15.1 Å². The van der Waals surface area contributed by atoms with E-state index in [1.54, 1.807) is 0 Å². The third-order valence-corrected chi connectivity index (χ3v) is 5.92. The van der Waals surface area contributed by atoms with Crippen LogP contribution in [0.2, 0.25) is 0 Å². The number of hydrogen-bond acceptors (Lipinski definition) is 5. The van der Waals surface area contributed by atoms with Gasteiger partial charge >= 0.3 is 0 Å². The number of anilines is 1. The molecule has 2 aromatic carbocycles. The van der Waals surface area contributed by atoms with E-state index in [0.29, 0.717) is 12.6 Å². The lowest BCUT2D eigenvalue weighted by Gasteiger charge is -2.33. The zero-order valence-corrected chi connectivity index (χ0v) is 16.6. The first-order chi connectivity index (χ1) is 14.1. The molecule has 2 atom stereocenters. The minimum absolute atomic E-state index is 0.215. The summed E-state index contributed by atoms with van der Waals surface area (Å²) in [6.07, 6.45) is 4.10. The molecule has 3 aromatic rings. The first-order valence-electron chi connectivity index (χ1n) is 9.95. The van der Waals surface area contributed by atoms with E-state index in [-0.39, 0.29) is 6.04 Å². The molecular weight excluding hydrogens is 362 g/mol. The van der Waals surface area contributed by atoms with Gasteiger partial charge in [-0.25, -0.2) is 0 Å². The van der Waals surface area contributed by atoms with Crippen LogP contribution < -0.4 is 5.32 Å². The molecule has 0 saturated carbocycles. The van der Waals surface area contributed by atoms with Crippen LogP contribution >= 0.6 is 0 Å². The second-order valence-electron chi connectivity index (χ2n) is 8.02. The van der Waals surface area contributed by atoms with Gasteiger partial charge in [0.1, 0.15) is 5.69 Å². The molecule has 6 heteroatoms. The smallest absolute Gasteiger partial charge is 0.165 e. The number of nitrogens with zero attached hydrogens (tertiary/aromatic N) is 3. The van der Waals surface area contributed by atoms with Gasteiger partial charge in [0.2, 0.25) is 0 Å². The van der Waals surface area contributed by atoms with E-state index >= 15 is 0 Å². The number of rotatable bonds is 3. The Bertz CT molecular complexity index is 1160. The summed E-state index contributed by atoms with van der Waals surface area (Å²) in [5.41, 5.74) is 6.18. The molecule has 0 unspecified atom stereocenters. The third-order valence-electron chi connectivity index (χ3n) is 5.92. The van der Waals surface area contributed by atoms with Crippen molar-refractivity contribution in [2.75, 3.05) is 19.1 Å². The first-order valence-corrected chi connectivity index (χ1v) is 9.95. The molecule has 0 radical (unpaired) electrons. The molecule has 0 spiro atoms. The SMILES string of the molecule is C[C@@H]1CCc2cc(C#N)ccc2[C@H]1Nc1ccc2[nH]nc(C3=CN(C)CO3)c2c1. The molecule has 2 heterocycles. The van der Waals surface area contributed by atoms with Crippen molar-refractivity contribution in [3.63, 3.8) is 0 Å². The molecule has 1 aliphatic heterocycles. The second kappa shape index (κ2) is 6.85. The maximum Gasteiger partial charge on any atom is 0.165 e. The summed E-state index contributed by atoms with van der Waals surface area (Å²) in [7, 11) is 1.98. The molecule has 1 aliphatic carbocycles. The molecule has 5 rings (SSSR count). The molecule has 0 bridgehead atoms. The average molecular weight is 385 g/mol. The van der Waals surface area contributed by atoms with E-state index in [2.05, 4.69) is 52.8 Å². The second-order valence-corrected chi connectivity index (χ2v) is 8.02. The molecular formula is C23H23N5O. The number of H-pyrrole nitrogens is 1. The van der Waals surface area contributed by atoms with Crippen molar-refractivity contribution in [3.8, 4) is 6.07 Å². The van der Waals surface area contributed by atoms with Gasteiger partial charge in [0.25, 0.3) is 0 Å². The predicted octanol–water partition coefficient (Wildman–Crippen LogP) is 4.39. The van der Waals surface area contributed by atoms with Gasteiger partial charge in [-0.1, -0.05) is 13.0 Å². The van der Waals surface area contributed by atoms with Crippen LogP contribution in [-0.4, -0.2) is 28.9 Å². The van der Waals surface area contributed by atoms with Gasteiger partial charge in [-0.05, 0) is 60.2 Å². The Labute approximate surface area is 169 Å². The van der Waals surface area contributed by atoms with Crippen LogP contribution in [0.15, 0.2) is 42.6 Å². The number of nitrogens with one attached hydrogen (secondary N) is 2. The summed E-state index contributed by atoms with van der Waals surface area (Å²) in [6.45, 7) is 2.83. The standard InChI is InChI=1S/C23H23N5O/c1-14-3-5-16-9-15(11-24)4-7-18(16)22(14)25-17-6-8-20-19(10-17)23(27-26-20)21-12-28(2)13-29-21/h4,6-10,12,14,22,25H,3,5,13H2,1-2H3,(H,26,27)/t14-,22+/m1/s1. The Balaban J connectivity index is 1.49. The Kier molecular flexibility index (Phi) is 4.17. The Morgan fingerprint density at radius 1 is 1.28 bits per heavy atom. The number of hydrogen-bond donors (Lipinski definition) is 2. The molecule has 0 amide bonds. The molecule has 0 saturated heterocycles. The summed E-state index contributed by atoms with van der Waals surface area (Å²) in [5, 5.41) is 21.6. The minimum atomic E-state index is 0.215. The fourth-order valence-corrected chi connectivity index (χ4v) is 4.32. The third kappa shape index (κ3) is 3.09. The topological polar surface area (TPSA) is 77.0 Å². The highest BCUT2D eigenvalue weighted by Crippen LogP contribution is 2.38. The number of aryl methyl sites for hydroxylation is 1. The van der Waals surface area contributed by atoms with Gasteiger partial charge in [0, 0.05) is 24.3 Å². The van der Waals surface area contributed by atoms with Crippen molar-refractivity contribution < 1.29 is 4.74 Å². The quantitative estimate of drug-likeness (QED) is 0.699. The summed E-state index contributed by atoms with van der Waals surface area (Å²) < 4.78 is 5.75. The van der Waals surface area contributed by atoms with E-state index < -0.39 is 0 Å². The molecule has 0 fully saturated rings. The summed E-state index contributed by atoms with van der Waals surface area (Å²) in [4.78, 5) is 1.99. The van der Waals surface area contributed by atoms with E-state index in [1.807, 2.05) is 30.3 Å². The van der Waals surface area contributed by atoms with Crippen LogP contribution in [0.3, 0.4) is 0 Å². The van der Waals surface area contributed by atoms with Crippen LogP contribution in [0, 0.1) is 17.2 Å². The molecule has 2 N–H and O–H groups in total. The van der Waals surface area contributed by atoms with Gasteiger partial charge in [-0.2, -0.15) is 10.4 Å². The van der Waals surface area contributed by atoms with Crippen molar-refractivity contribution in [2.24, 2.45) is 5.92 Å². The van der Waals surface area contributed by atoms with Crippen LogP contribution in [0.1, 0.15) is 41.8 Å². The van der Waals surface area contributed by atoms with Gasteiger partial charge in [0.15, 0.2) is 12.5 Å². The van der Waals surface area contributed by atoms with Crippen LogP contribution in [-0.2, 0) is 11.2 Å². The minimum Gasteiger partial charge on any atom is -0.469 e. The number of aromatic amines is 1. The fourth-order valence-electron chi connectivity index (χ4n) is 4.32. The van der Waals surface area contributed by atoms with Crippen molar-refractivity contribution in [3.05, 3.63) is 65.0 Å². The highest BCUT2D eigenvalue weighted by Gasteiger charge is 2.27. The highest BCUT2D eigenvalue weighted by molar-refractivity contribution is 5.91. The summed E-state index contributed by atoms with van der Waals surface area (Å²) >= 11 is 0. The maximum atomic E-state index is 9.21. The number of fused-ring (bicyclic) bond motifs is 2. The lowest BCUT2D eigenvalue weighted by Crippen LogP contribution is -2.25.